The van der Waals surface area contributed by atoms with Crippen molar-refractivity contribution in [3.8, 4) is 0 Å². The van der Waals surface area contributed by atoms with E-state index < -0.39 is 0 Å². The van der Waals surface area contributed by atoms with Crippen LogP contribution in [0.1, 0.15) is 72.1 Å². The fourth-order valence-electron chi connectivity index (χ4n) is 3.70. The van der Waals surface area contributed by atoms with Crippen LogP contribution < -0.4 is 5.32 Å². The summed E-state index contributed by atoms with van der Waals surface area (Å²) in [6.45, 7) is 9.63. The third kappa shape index (κ3) is 4.73. The lowest BCUT2D eigenvalue weighted by molar-refractivity contribution is 0.102. The third-order valence-electron chi connectivity index (χ3n) is 5.75. The largest absolute Gasteiger partial charge is 0.313 e. The van der Waals surface area contributed by atoms with Crippen molar-refractivity contribution < 1.29 is 0 Å². The molecule has 2 saturated carbocycles. The van der Waals surface area contributed by atoms with Gasteiger partial charge in [-0.25, -0.2) is 0 Å². The quantitative estimate of drug-likeness (QED) is 0.708. The monoisotopic (exact) mass is 280 g/mol. The highest BCUT2D eigenvalue weighted by molar-refractivity contribution is 4.91. The van der Waals surface area contributed by atoms with Crippen LogP contribution in [0.2, 0.25) is 0 Å². The van der Waals surface area contributed by atoms with Crippen LogP contribution in [0, 0.1) is 11.3 Å². The summed E-state index contributed by atoms with van der Waals surface area (Å²) >= 11 is 0. The van der Waals surface area contributed by atoms with Crippen molar-refractivity contribution in [3.63, 3.8) is 0 Å². The molecule has 0 aliphatic heterocycles. The molecule has 2 heteroatoms. The Morgan fingerprint density at radius 1 is 1.05 bits per heavy atom. The standard InChI is InChI=1S/C18H36N2/c1-15(2)16(3)20(4)14-18(13-19-17-9-10-17)11-7-5-6-8-12-18/h15-17,19H,5-14H2,1-4H3. The topological polar surface area (TPSA) is 15.3 Å². The molecule has 1 atom stereocenters. The summed E-state index contributed by atoms with van der Waals surface area (Å²) < 4.78 is 0. The zero-order valence-corrected chi connectivity index (χ0v) is 14.3. The lowest BCUT2D eigenvalue weighted by atomic mass is 9.79. The van der Waals surface area contributed by atoms with Crippen LogP contribution in [0.25, 0.3) is 0 Å². The van der Waals surface area contributed by atoms with Crippen molar-refractivity contribution in [1.29, 1.82) is 0 Å². The van der Waals surface area contributed by atoms with Gasteiger partial charge in [0.2, 0.25) is 0 Å². The van der Waals surface area contributed by atoms with Crippen LogP contribution in [0.3, 0.4) is 0 Å². The van der Waals surface area contributed by atoms with Crippen molar-refractivity contribution in [1.82, 2.24) is 10.2 Å². The van der Waals surface area contributed by atoms with Gasteiger partial charge < -0.3 is 10.2 Å². The molecule has 1 N–H and O–H groups in total. The molecule has 118 valence electrons. The van der Waals surface area contributed by atoms with E-state index in [4.69, 9.17) is 0 Å². The van der Waals surface area contributed by atoms with Gasteiger partial charge in [0, 0.05) is 25.2 Å². The van der Waals surface area contributed by atoms with E-state index >= 15 is 0 Å². The van der Waals surface area contributed by atoms with Gasteiger partial charge >= 0.3 is 0 Å². The molecule has 1 unspecified atom stereocenters. The average molecular weight is 280 g/mol. The van der Waals surface area contributed by atoms with Gasteiger partial charge in [0.1, 0.15) is 0 Å². The first-order chi connectivity index (χ1) is 9.52. The van der Waals surface area contributed by atoms with E-state index in [0.29, 0.717) is 11.5 Å². The highest BCUT2D eigenvalue weighted by atomic mass is 15.1. The predicted octanol–water partition coefficient (Wildman–Crippen LogP) is 4.06. The Hall–Kier alpha value is -0.0800. The average Bonchev–Trinajstić information content (AvgIpc) is 3.23. The molecular weight excluding hydrogens is 244 g/mol. The lowest BCUT2D eigenvalue weighted by Gasteiger charge is -2.40. The Labute approximate surface area is 126 Å². The van der Waals surface area contributed by atoms with Gasteiger partial charge in [-0.2, -0.15) is 0 Å². The molecule has 2 nitrogen and oxygen atoms in total. The van der Waals surface area contributed by atoms with E-state index in [2.05, 4.69) is 38.0 Å². The first-order valence-electron chi connectivity index (χ1n) is 8.96. The van der Waals surface area contributed by atoms with Crippen LogP contribution in [-0.4, -0.2) is 37.1 Å². The van der Waals surface area contributed by atoms with Gasteiger partial charge in [-0.05, 0) is 51.0 Å². The zero-order valence-electron chi connectivity index (χ0n) is 14.3. The van der Waals surface area contributed by atoms with Gasteiger partial charge in [-0.3, -0.25) is 0 Å². The number of nitrogens with one attached hydrogen (secondary N) is 1. The van der Waals surface area contributed by atoms with Gasteiger partial charge in [-0.15, -0.1) is 0 Å². The molecule has 0 spiro atoms. The van der Waals surface area contributed by atoms with Gasteiger partial charge in [0.25, 0.3) is 0 Å². The Morgan fingerprint density at radius 2 is 1.65 bits per heavy atom. The highest BCUT2D eigenvalue weighted by Gasteiger charge is 2.35. The van der Waals surface area contributed by atoms with Crippen molar-refractivity contribution in [2.45, 2.75) is 84.2 Å². The number of hydrogen-bond donors (Lipinski definition) is 1. The molecule has 0 bridgehead atoms. The zero-order chi connectivity index (χ0) is 14.6. The highest BCUT2D eigenvalue weighted by Crippen LogP contribution is 2.36. The molecule has 2 aliphatic rings. The van der Waals surface area contributed by atoms with Gasteiger partial charge in [-0.1, -0.05) is 39.5 Å². The van der Waals surface area contributed by atoms with Crippen LogP contribution >= 0.6 is 0 Å². The number of nitrogens with zero attached hydrogens (tertiary/aromatic N) is 1. The Kier molecular flexibility index (Phi) is 5.92. The maximum absolute atomic E-state index is 3.84. The molecule has 0 radical (unpaired) electrons. The predicted molar refractivity (Wildman–Crippen MR) is 88.1 cm³/mol. The second kappa shape index (κ2) is 7.26. The summed E-state index contributed by atoms with van der Waals surface area (Å²) in [6, 6.07) is 1.54. The minimum absolute atomic E-state index is 0.539. The molecule has 20 heavy (non-hydrogen) atoms. The molecule has 2 aliphatic carbocycles. The summed E-state index contributed by atoms with van der Waals surface area (Å²) in [6.07, 6.45) is 11.5. The second-order valence-electron chi connectivity index (χ2n) is 7.97. The van der Waals surface area contributed by atoms with E-state index in [-0.39, 0.29) is 0 Å². The summed E-state index contributed by atoms with van der Waals surface area (Å²) in [7, 11) is 2.34. The summed E-state index contributed by atoms with van der Waals surface area (Å²) in [5, 5.41) is 3.84. The lowest BCUT2D eigenvalue weighted by Crippen LogP contribution is -2.47. The Balaban J connectivity index is 1.96. The van der Waals surface area contributed by atoms with Crippen LogP contribution in [0.4, 0.5) is 0 Å². The van der Waals surface area contributed by atoms with E-state index in [1.165, 1.54) is 64.5 Å². The van der Waals surface area contributed by atoms with Crippen LogP contribution in [0.15, 0.2) is 0 Å². The van der Waals surface area contributed by atoms with Gasteiger partial charge in [0.05, 0.1) is 0 Å². The third-order valence-corrected chi connectivity index (χ3v) is 5.75. The maximum atomic E-state index is 3.84. The minimum Gasteiger partial charge on any atom is -0.313 e. The summed E-state index contributed by atoms with van der Waals surface area (Å²) in [5.74, 6) is 0.749. The molecule has 0 aromatic carbocycles. The first kappa shape index (κ1) is 16.3. The van der Waals surface area contributed by atoms with Crippen molar-refractivity contribution >= 4 is 0 Å². The molecule has 0 saturated heterocycles. The van der Waals surface area contributed by atoms with Gasteiger partial charge in [0.15, 0.2) is 0 Å². The molecule has 2 rings (SSSR count). The summed E-state index contributed by atoms with van der Waals surface area (Å²) in [4.78, 5) is 2.63. The van der Waals surface area contributed by atoms with Crippen molar-refractivity contribution in [3.05, 3.63) is 0 Å². The van der Waals surface area contributed by atoms with Crippen LogP contribution in [0.5, 0.6) is 0 Å². The van der Waals surface area contributed by atoms with E-state index in [9.17, 15) is 0 Å². The molecular formula is C18H36N2. The second-order valence-corrected chi connectivity index (χ2v) is 7.97. The van der Waals surface area contributed by atoms with Crippen LogP contribution in [-0.2, 0) is 0 Å². The Bertz CT molecular complexity index is 275. The summed E-state index contributed by atoms with van der Waals surface area (Å²) in [5.41, 5.74) is 0.539. The first-order valence-corrected chi connectivity index (χ1v) is 8.96. The molecule has 0 amide bonds. The number of rotatable bonds is 7. The normalized spacial score (nSPS) is 24.9. The molecule has 2 fully saturated rings. The molecule has 0 aromatic heterocycles. The minimum atomic E-state index is 0.539. The van der Waals surface area contributed by atoms with E-state index in [1.807, 2.05) is 0 Å². The molecule has 0 aromatic rings. The fourth-order valence-corrected chi connectivity index (χ4v) is 3.70. The Morgan fingerprint density at radius 3 is 2.15 bits per heavy atom. The maximum Gasteiger partial charge on any atom is 0.00871 e. The van der Waals surface area contributed by atoms with E-state index in [1.54, 1.807) is 0 Å². The SMILES string of the molecule is CC(C)C(C)N(C)CC1(CNC2CC2)CCCCCC1. The van der Waals surface area contributed by atoms with E-state index in [0.717, 1.165) is 12.0 Å². The molecule has 0 heterocycles. The smallest absolute Gasteiger partial charge is 0.00871 e. The van der Waals surface area contributed by atoms with Crippen molar-refractivity contribution in [2.24, 2.45) is 11.3 Å². The number of hydrogen-bond acceptors (Lipinski definition) is 2. The fraction of sp³-hybridized carbons (Fsp3) is 1.00. The van der Waals surface area contributed by atoms with Crippen molar-refractivity contribution in [2.75, 3.05) is 20.1 Å².